The highest BCUT2D eigenvalue weighted by Gasteiger charge is 2.21. The van der Waals surface area contributed by atoms with E-state index < -0.39 is 0 Å². The van der Waals surface area contributed by atoms with E-state index in [1.165, 1.54) is 12.5 Å². The predicted molar refractivity (Wildman–Crippen MR) is 87.1 cm³/mol. The number of ether oxygens (including phenoxy) is 1. The van der Waals surface area contributed by atoms with Crippen molar-refractivity contribution < 1.29 is 13.9 Å². The van der Waals surface area contributed by atoms with Crippen molar-refractivity contribution in [2.75, 3.05) is 0 Å². The molecule has 2 heterocycles. The molecule has 0 aliphatic rings. The summed E-state index contributed by atoms with van der Waals surface area (Å²) in [6.45, 7) is 8.00. The molecule has 0 unspecified atom stereocenters. The fourth-order valence-electron chi connectivity index (χ4n) is 2.80. The molecule has 0 N–H and O–H groups in total. The van der Waals surface area contributed by atoms with Crippen LogP contribution in [0.5, 0.6) is 5.75 Å². The van der Waals surface area contributed by atoms with Crippen LogP contribution >= 0.6 is 0 Å². The van der Waals surface area contributed by atoms with Crippen LogP contribution in [0.3, 0.4) is 0 Å². The second-order valence-electron chi connectivity index (χ2n) is 6.59. The second-order valence-corrected chi connectivity index (χ2v) is 6.59. The molecule has 0 aliphatic carbocycles. The maximum absolute atomic E-state index is 11.4. The first kappa shape index (κ1) is 14.5. The lowest BCUT2D eigenvalue weighted by Gasteiger charge is -2.21. The van der Waals surface area contributed by atoms with Gasteiger partial charge in [0.25, 0.3) is 0 Å². The second kappa shape index (κ2) is 5.09. The maximum Gasteiger partial charge on any atom is 0.308 e. The minimum Gasteiger partial charge on any atom is -0.426 e. The number of carbonyl (C=O) groups excluding carboxylic acids is 1. The number of hydrogen-bond donors (Lipinski definition) is 0. The van der Waals surface area contributed by atoms with Crippen molar-refractivity contribution in [2.45, 2.75) is 33.1 Å². The molecule has 3 aromatic rings. The topological polar surface area (TPSA) is 30.4 Å². The third-order valence-corrected chi connectivity index (χ3v) is 3.79. The summed E-state index contributed by atoms with van der Waals surface area (Å²) >= 11 is 0. The molecule has 2 aromatic heterocycles. The number of nitrogens with zero attached hydrogens (tertiary/aromatic N) is 1. The monoisotopic (exact) mass is 294 g/mol. The van der Waals surface area contributed by atoms with Crippen molar-refractivity contribution in [3.8, 4) is 5.75 Å². The zero-order valence-corrected chi connectivity index (χ0v) is 13.4. The molecule has 3 heteroatoms. The molecular weight excluding hydrogens is 274 g/mol. The van der Waals surface area contributed by atoms with E-state index in [2.05, 4.69) is 39.0 Å². The number of fused-ring (bicyclic) bond motifs is 2. The van der Waals surface area contributed by atoms with Gasteiger partial charge in [-0.3, -0.25) is 4.79 Å². The summed E-state index contributed by atoms with van der Waals surface area (Å²) < 4.78 is 7.44. The highest BCUT2D eigenvalue weighted by molar-refractivity contribution is 5.93. The van der Waals surface area contributed by atoms with E-state index >= 15 is 0 Å². The Morgan fingerprint density at radius 1 is 1.09 bits per heavy atom. The van der Waals surface area contributed by atoms with Gasteiger partial charge in [-0.15, -0.1) is 0 Å². The Morgan fingerprint density at radius 3 is 2.55 bits per heavy atom. The quantitative estimate of drug-likeness (QED) is 0.296. The van der Waals surface area contributed by atoms with E-state index in [0.29, 0.717) is 5.75 Å². The number of benzene rings is 1. The first-order valence-electron chi connectivity index (χ1n) is 7.42. The van der Waals surface area contributed by atoms with Crippen molar-refractivity contribution in [1.29, 1.82) is 0 Å². The van der Waals surface area contributed by atoms with E-state index in [1.54, 1.807) is 0 Å². The molecule has 0 saturated carbocycles. The van der Waals surface area contributed by atoms with Gasteiger partial charge in [-0.2, -0.15) is 4.40 Å². The minimum atomic E-state index is -0.303. The van der Waals surface area contributed by atoms with Crippen LogP contribution in [0.4, 0.5) is 0 Å². The summed E-state index contributed by atoms with van der Waals surface area (Å²) in [7, 11) is 0. The molecular formula is C19H20NO2+. The van der Waals surface area contributed by atoms with Gasteiger partial charge in [0.15, 0.2) is 12.4 Å². The van der Waals surface area contributed by atoms with Gasteiger partial charge < -0.3 is 4.74 Å². The Kier molecular flexibility index (Phi) is 3.36. The van der Waals surface area contributed by atoms with Crippen LogP contribution in [0.25, 0.3) is 16.3 Å². The van der Waals surface area contributed by atoms with Gasteiger partial charge in [-0.25, -0.2) is 0 Å². The standard InChI is InChI=1S/C19H20NO2/c1-13(21)22-18-9-8-17(19(2,3)4)15-11-14-7-5-6-10-20(14)12-16(15)18/h5-12H,1-4H3/q+1. The highest BCUT2D eigenvalue weighted by atomic mass is 16.5. The van der Waals surface area contributed by atoms with Crippen LogP contribution in [0.1, 0.15) is 33.3 Å². The summed E-state index contributed by atoms with van der Waals surface area (Å²) in [5, 5.41) is 2.07. The Morgan fingerprint density at radius 2 is 1.86 bits per heavy atom. The number of pyridine rings is 2. The summed E-state index contributed by atoms with van der Waals surface area (Å²) in [5.74, 6) is 0.303. The Hall–Kier alpha value is -2.42. The molecule has 0 spiro atoms. The predicted octanol–water partition coefficient (Wildman–Crippen LogP) is 3.80. The molecule has 0 saturated heterocycles. The van der Waals surface area contributed by atoms with Gasteiger partial charge in [-0.05, 0) is 23.1 Å². The van der Waals surface area contributed by atoms with Crippen molar-refractivity contribution in [2.24, 2.45) is 0 Å². The first-order chi connectivity index (χ1) is 10.4. The summed E-state index contributed by atoms with van der Waals surface area (Å²) in [5.41, 5.74) is 2.37. The van der Waals surface area contributed by atoms with E-state index in [9.17, 15) is 4.79 Å². The Bertz CT molecular complexity index is 876. The van der Waals surface area contributed by atoms with Crippen LogP contribution in [-0.2, 0) is 10.2 Å². The van der Waals surface area contributed by atoms with E-state index in [0.717, 1.165) is 16.3 Å². The average Bonchev–Trinajstić information content (AvgIpc) is 2.44. The number of hydrogen-bond acceptors (Lipinski definition) is 2. The SMILES string of the molecule is CC(=O)Oc1ccc(C(C)(C)C)c2cc3cccc[n+]3cc12. The largest absolute Gasteiger partial charge is 0.426 e. The normalized spacial score (nSPS) is 11.8. The number of rotatable bonds is 1. The summed E-state index contributed by atoms with van der Waals surface area (Å²) in [6, 6.07) is 12.2. The molecule has 3 rings (SSSR count). The van der Waals surface area contributed by atoms with E-state index in [4.69, 9.17) is 4.74 Å². The third kappa shape index (κ3) is 2.54. The van der Waals surface area contributed by atoms with Crippen molar-refractivity contribution in [3.05, 3.63) is 54.4 Å². The highest BCUT2D eigenvalue weighted by Crippen LogP contribution is 2.35. The number of esters is 1. The van der Waals surface area contributed by atoms with Gasteiger partial charge in [-0.1, -0.05) is 26.8 Å². The first-order valence-corrected chi connectivity index (χ1v) is 7.42. The van der Waals surface area contributed by atoms with Crippen molar-refractivity contribution in [3.63, 3.8) is 0 Å². The third-order valence-electron chi connectivity index (χ3n) is 3.79. The van der Waals surface area contributed by atoms with E-state index in [-0.39, 0.29) is 11.4 Å². The summed E-state index contributed by atoms with van der Waals surface area (Å²) in [4.78, 5) is 11.4. The molecule has 0 fully saturated rings. The molecule has 0 atom stereocenters. The molecule has 3 nitrogen and oxygen atoms in total. The molecule has 22 heavy (non-hydrogen) atoms. The molecule has 0 aliphatic heterocycles. The van der Waals surface area contributed by atoms with Gasteiger partial charge in [0.2, 0.25) is 5.52 Å². The van der Waals surface area contributed by atoms with Crippen molar-refractivity contribution >= 4 is 22.3 Å². The van der Waals surface area contributed by atoms with E-state index in [1.807, 2.05) is 35.0 Å². The van der Waals surface area contributed by atoms with Crippen LogP contribution < -0.4 is 9.14 Å². The molecule has 0 radical (unpaired) electrons. The molecule has 112 valence electrons. The minimum absolute atomic E-state index is 0.0140. The Balaban J connectivity index is 2.40. The molecule has 0 amide bonds. The Labute approximate surface area is 130 Å². The molecule has 0 bridgehead atoms. The van der Waals surface area contributed by atoms with Crippen molar-refractivity contribution in [1.82, 2.24) is 0 Å². The van der Waals surface area contributed by atoms with Crippen LogP contribution in [0.2, 0.25) is 0 Å². The van der Waals surface area contributed by atoms with Gasteiger partial charge in [0.1, 0.15) is 5.75 Å². The van der Waals surface area contributed by atoms with Gasteiger partial charge in [0, 0.05) is 30.5 Å². The lowest BCUT2D eigenvalue weighted by Crippen LogP contribution is -2.21. The summed E-state index contributed by atoms with van der Waals surface area (Å²) in [6.07, 6.45) is 4.02. The van der Waals surface area contributed by atoms with Crippen LogP contribution in [0, 0.1) is 0 Å². The maximum atomic E-state index is 11.4. The van der Waals surface area contributed by atoms with Crippen LogP contribution in [0.15, 0.2) is 48.8 Å². The number of carbonyl (C=O) groups is 1. The lowest BCUT2D eigenvalue weighted by molar-refractivity contribution is -0.510. The van der Waals surface area contributed by atoms with Gasteiger partial charge in [0.05, 0.1) is 5.39 Å². The number of aromatic nitrogens is 1. The zero-order valence-electron chi connectivity index (χ0n) is 13.4. The fraction of sp³-hybridized carbons (Fsp3) is 0.263. The van der Waals surface area contributed by atoms with Crippen LogP contribution in [-0.4, -0.2) is 5.97 Å². The van der Waals surface area contributed by atoms with Gasteiger partial charge >= 0.3 is 5.97 Å². The fourth-order valence-corrected chi connectivity index (χ4v) is 2.80. The smallest absolute Gasteiger partial charge is 0.308 e. The lowest BCUT2D eigenvalue weighted by atomic mass is 9.84. The molecule has 1 aromatic carbocycles. The zero-order chi connectivity index (χ0) is 15.9. The average molecular weight is 294 g/mol.